The lowest BCUT2D eigenvalue weighted by molar-refractivity contribution is 0.404. The Morgan fingerprint density at radius 2 is 1.67 bits per heavy atom. The highest BCUT2D eigenvalue weighted by atomic mass is 32.2. The van der Waals surface area contributed by atoms with E-state index < -0.39 is 9.84 Å². The average Bonchev–Trinajstić information content (AvgIpc) is 2.79. The number of hydrogen-bond acceptors (Lipinski definition) is 5. The molecule has 0 aliphatic carbocycles. The molecule has 0 saturated heterocycles. The smallest absolute Gasteiger partial charge is 0.239 e. The largest absolute Gasteiger partial charge is 0.493 e. The van der Waals surface area contributed by atoms with Crippen molar-refractivity contribution in [2.75, 3.05) is 7.11 Å². The summed E-state index contributed by atoms with van der Waals surface area (Å²) in [6.45, 7) is 2.07. The molecular formula is C24H21NO4S. The molecule has 1 aromatic heterocycles. The Hall–Kier alpha value is -3.38. The molecule has 0 saturated carbocycles. The van der Waals surface area contributed by atoms with Crippen molar-refractivity contribution in [1.82, 2.24) is 0 Å². The number of hydrogen-bond donors (Lipinski definition) is 0. The van der Waals surface area contributed by atoms with Gasteiger partial charge in [0.15, 0.2) is 11.3 Å². The molecule has 0 N–H and O–H groups in total. The van der Waals surface area contributed by atoms with Crippen molar-refractivity contribution in [2.24, 2.45) is 4.99 Å². The summed E-state index contributed by atoms with van der Waals surface area (Å²) < 4.78 is 38.2. The van der Waals surface area contributed by atoms with Crippen molar-refractivity contribution in [2.45, 2.75) is 23.1 Å². The van der Waals surface area contributed by atoms with Crippen molar-refractivity contribution < 1.29 is 17.6 Å². The van der Waals surface area contributed by atoms with E-state index in [1.165, 1.54) is 5.56 Å². The number of fused-ring (bicyclic) bond motifs is 1. The van der Waals surface area contributed by atoms with Crippen LogP contribution in [0.15, 0.2) is 98.1 Å². The van der Waals surface area contributed by atoms with Gasteiger partial charge in [-0.1, -0.05) is 49.4 Å². The summed E-state index contributed by atoms with van der Waals surface area (Å²) >= 11 is 0. The van der Waals surface area contributed by atoms with E-state index in [4.69, 9.17) is 9.15 Å². The zero-order valence-corrected chi connectivity index (χ0v) is 17.5. The van der Waals surface area contributed by atoms with Gasteiger partial charge in [-0.25, -0.2) is 13.4 Å². The van der Waals surface area contributed by atoms with E-state index in [1.54, 1.807) is 61.7 Å². The quantitative estimate of drug-likeness (QED) is 0.453. The van der Waals surface area contributed by atoms with Crippen molar-refractivity contribution in [1.29, 1.82) is 0 Å². The number of rotatable bonds is 5. The van der Waals surface area contributed by atoms with Gasteiger partial charge < -0.3 is 9.15 Å². The molecule has 4 aromatic rings. The van der Waals surface area contributed by atoms with E-state index in [2.05, 4.69) is 11.9 Å². The predicted octanol–water partition coefficient (Wildman–Crippen LogP) is 5.07. The van der Waals surface area contributed by atoms with Crippen LogP contribution in [0.4, 0.5) is 5.69 Å². The molecule has 0 bridgehead atoms. The highest BCUT2D eigenvalue weighted by Gasteiger charge is 2.23. The van der Waals surface area contributed by atoms with Crippen LogP contribution in [0.2, 0.25) is 0 Å². The van der Waals surface area contributed by atoms with Gasteiger partial charge in [0, 0.05) is 5.39 Å². The summed E-state index contributed by atoms with van der Waals surface area (Å²) in [5, 5.41) is 0.615. The summed E-state index contributed by atoms with van der Waals surface area (Å²) in [4.78, 5) is 4.72. The molecule has 0 atom stereocenters. The minimum atomic E-state index is -3.84. The van der Waals surface area contributed by atoms with E-state index in [0.29, 0.717) is 22.4 Å². The molecule has 4 rings (SSSR count). The third-order valence-corrected chi connectivity index (χ3v) is 6.61. The van der Waals surface area contributed by atoms with Gasteiger partial charge in [-0.05, 0) is 48.4 Å². The topological polar surface area (TPSA) is 68.9 Å². The second-order valence-electron chi connectivity index (χ2n) is 6.74. The molecular weight excluding hydrogens is 398 g/mol. The Kier molecular flexibility index (Phi) is 5.42. The van der Waals surface area contributed by atoms with Gasteiger partial charge in [0.05, 0.1) is 17.7 Å². The first-order chi connectivity index (χ1) is 14.5. The van der Waals surface area contributed by atoms with Crippen LogP contribution in [0.1, 0.15) is 12.5 Å². The predicted molar refractivity (Wildman–Crippen MR) is 116 cm³/mol. The third kappa shape index (κ3) is 3.74. The number of ether oxygens (including phenoxy) is 1. The molecule has 0 amide bonds. The van der Waals surface area contributed by atoms with Crippen LogP contribution in [-0.2, 0) is 16.3 Å². The molecule has 0 fully saturated rings. The molecule has 152 valence electrons. The van der Waals surface area contributed by atoms with Crippen molar-refractivity contribution in [3.63, 3.8) is 0 Å². The van der Waals surface area contributed by atoms with E-state index >= 15 is 0 Å². The molecule has 1 heterocycles. The van der Waals surface area contributed by atoms with Crippen LogP contribution in [0.3, 0.4) is 0 Å². The Bertz CT molecular complexity index is 1360. The van der Waals surface area contributed by atoms with Gasteiger partial charge in [0.2, 0.25) is 15.4 Å². The SMILES string of the molecule is CCc1ccc(N=c2oc3c(OC)cccc3cc2S(=O)(=O)c2ccccc2)cc1. The lowest BCUT2D eigenvalue weighted by Crippen LogP contribution is -2.16. The summed E-state index contributed by atoms with van der Waals surface area (Å²) in [5.41, 5.74) is 2.23. The molecule has 3 aromatic carbocycles. The first kappa shape index (κ1) is 19.9. The minimum absolute atomic E-state index is 0.00835. The summed E-state index contributed by atoms with van der Waals surface area (Å²) in [5.74, 6) is 0.508. The monoisotopic (exact) mass is 419 g/mol. The molecule has 0 aliphatic rings. The van der Waals surface area contributed by atoms with E-state index in [0.717, 1.165) is 6.42 Å². The van der Waals surface area contributed by atoms with E-state index in [9.17, 15) is 8.42 Å². The lowest BCUT2D eigenvalue weighted by Gasteiger charge is -2.09. The summed E-state index contributed by atoms with van der Waals surface area (Å²) in [7, 11) is -2.30. The Labute approximate surface area is 175 Å². The molecule has 30 heavy (non-hydrogen) atoms. The number of benzene rings is 3. The first-order valence-electron chi connectivity index (χ1n) is 9.57. The van der Waals surface area contributed by atoms with Gasteiger partial charge in [-0.2, -0.15) is 0 Å². The maximum Gasteiger partial charge on any atom is 0.239 e. The van der Waals surface area contributed by atoms with Crippen molar-refractivity contribution in [3.05, 3.63) is 90.0 Å². The molecule has 0 aliphatic heterocycles. The second kappa shape index (κ2) is 8.16. The highest BCUT2D eigenvalue weighted by molar-refractivity contribution is 7.91. The van der Waals surface area contributed by atoms with Crippen LogP contribution in [-0.4, -0.2) is 15.5 Å². The van der Waals surface area contributed by atoms with Gasteiger partial charge in [-0.3, -0.25) is 0 Å². The number of sulfone groups is 1. The van der Waals surface area contributed by atoms with E-state index in [1.807, 2.05) is 24.3 Å². The van der Waals surface area contributed by atoms with E-state index in [-0.39, 0.29) is 15.3 Å². The average molecular weight is 420 g/mol. The Balaban J connectivity index is 2.03. The fourth-order valence-electron chi connectivity index (χ4n) is 3.19. The van der Waals surface area contributed by atoms with Crippen LogP contribution in [0.5, 0.6) is 5.75 Å². The zero-order valence-electron chi connectivity index (χ0n) is 16.7. The van der Waals surface area contributed by atoms with Gasteiger partial charge in [0.1, 0.15) is 4.90 Å². The zero-order chi connectivity index (χ0) is 21.1. The summed E-state index contributed by atoms with van der Waals surface area (Å²) in [6, 6.07) is 22.8. The van der Waals surface area contributed by atoms with Crippen LogP contribution in [0, 0.1) is 0 Å². The Morgan fingerprint density at radius 1 is 0.933 bits per heavy atom. The number of para-hydroxylation sites is 1. The van der Waals surface area contributed by atoms with Gasteiger partial charge in [0.25, 0.3) is 0 Å². The minimum Gasteiger partial charge on any atom is -0.493 e. The first-order valence-corrected chi connectivity index (χ1v) is 11.1. The summed E-state index contributed by atoms with van der Waals surface area (Å²) in [6.07, 6.45) is 0.908. The van der Waals surface area contributed by atoms with Crippen LogP contribution in [0.25, 0.3) is 11.0 Å². The van der Waals surface area contributed by atoms with Crippen molar-refractivity contribution in [3.8, 4) is 5.75 Å². The number of aryl methyl sites for hydroxylation is 1. The molecule has 0 unspecified atom stereocenters. The fourth-order valence-corrected chi connectivity index (χ4v) is 4.56. The number of methoxy groups -OCH3 is 1. The normalized spacial score (nSPS) is 12.3. The molecule has 0 radical (unpaired) electrons. The number of nitrogens with zero attached hydrogens (tertiary/aromatic N) is 1. The lowest BCUT2D eigenvalue weighted by atomic mass is 10.1. The highest BCUT2D eigenvalue weighted by Crippen LogP contribution is 2.28. The Morgan fingerprint density at radius 3 is 2.33 bits per heavy atom. The second-order valence-corrected chi connectivity index (χ2v) is 8.66. The van der Waals surface area contributed by atoms with Gasteiger partial charge in [-0.15, -0.1) is 0 Å². The van der Waals surface area contributed by atoms with Gasteiger partial charge >= 0.3 is 0 Å². The van der Waals surface area contributed by atoms with Crippen LogP contribution >= 0.6 is 0 Å². The van der Waals surface area contributed by atoms with Crippen LogP contribution < -0.4 is 10.3 Å². The fraction of sp³-hybridized carbons (Fsp3) is 0.125. The molecule has 5 nitrogen and oxygen atoms in total. The molecule has 6 heteroatoms. The standard InChI is InChI=1S/C24H21NO4S/c1-3-17-12-14-19(15-13-17)25-24-22(30(26,27)20-9-5-4-6-10-20)16-18-8-7-11-21(28-2)23(18)29-24/h4-16H,3H2,1-2H3. The van der Waals surface area contributed by atoms with Crippen molar-refractivity contribution >= 4 is 26.5 Å². The maximum absolute atomic E-state index is 13.4. The third-order valence-electron chi connectivity index (χ3n) is 4.84. The maximum atomic E-state index is 13.4. The molecule has 0 spiro atoms.